The van der Waals surface area contributed by atoms with Crippen LogP contribution in [0.4, 0.5) is 0 Å². The lowest BCUT2D eigenvalue weighted by Gasteiger charge is -2.21. The van der Waals surface area contributed by atoms with E-state index in [2.05, 4.69) is 41.5 Å². The van der Waals surface area contributed by atoms with Crippen molar-refractivity contribution < 1.29 is 80.2 Å². The number of esters is 4. The predicted molar refractivity (Wildman–Crippen MR) is 405 cm³/mol. The van der Waals surface area contributed by atoms with Gasteiger partial charge in [0, 0.05) is 25.7 Å². The fourth-order valence-electron chi connectivity index (χ4n) is 12.4. The van der Waals surface area contributed by atoms with Crippen molar-refractivity contribution >= 4 is 39.5 Å². The molecule has 0 heterocycles. The number of phosphoric acid groups is 2. The van der Waals surface area contributed by atoms with Crippen LogP contribution in [0.1, 0.15) is 420 Å². The second-order valence-corrected chi connectivity index (χ2v) is 32.7. The van der Waals surface area contributed by atoms with Crippen LogP contribution < -0.4 is 0 Å². The van der Waals surface area contributed by atoms with Gasteiger partial charge in [-0.3, -0.25) is 37.3 Å². The number of carbonyl (C=O) groups is 4. The molecule has 0 aromatic heterocycles. The first kappa shape index (κ1) is 97.1. The third-order valence-electron chi connectivity index (χ3n) is 18.7. The maximum absolute atomic E-state index is 13.1. The van der Waals surface area contributed by atoms with Gasteiger partial charge in [-0.15, -0.1) is 0 Å². The average molecular weight is 1450 g/mol. The Morgan fingerprint density at radius 2 is 0.465 bits per heavy atom. The molecule has 0 aliphatic rings. The topological polar surface area (TPSA) is 237 Å². The highest BCUT2D eigenvalue weighted by Gasteiger charge is 2.30. The number of aliphatic hydroxyl groups excluding tert-OH is 1. The molecule has 0 radical (unpaired) electrons. The Labute approximate surface area is 607 Å². The second kappa shape index (κ2) is 71.7. The van der Waals surface area contributed by atoms with Crippen LogP contribution in [-0.4, -0.2) is 96.7 Å². The number of phosphoric ester groups is 2. The van der Waals surface area contributed by atoms with E-state index in [1.165, 1.54) is 238 Å². The first-order valence-electron chi connectivity index (χ1n) is 41.5. The molecule has 0 bridgehead atoms. The summed E-state index contributed by atoms with van der Waals surface area (Å²) >= 11 is 0. The highest BCUT2D eigenvalue weighted by Crippen LogP contribution is 2.45. The van der Waals surface area contributed by atoms with Gasteiger partial charge < -0.3 is 33.8 Å². The zero-order chi connectivity index (χ0) is 72.8. The second-order valence-electron chi connectivity index (χ2n) is 29.8. The summed E-state index contributed by atoms with van der Waals surface area (Å²) < 4.78 is 68.7. The van der Waals surface area contributed by atoms with Gasteiger partial charge in [0.05, 0.1) is 26.4 Å². The number of unbranched alkanes of at least 4 members (excludes halogenated alkanes) is 49. The van der Waals surface area contributed by atoms with E-state index in [1.54, 1.807) is 0 Å². The van der Waals surface area contributed by atoms with Crippen molar-refractivity contribution in [3.63, 3.8) is 0 Å². The van der Waals surface area contributed by atoms with E-state index >= 15 is 0 Å². The summed E-state index contributed by atoms with van der Waals surface area (Å²) in [6, 6.07) is 0. The van der Waals surface area contributed by atoms with Crippen molar-refractivity contribution in [1.82, 2.24) is 0 Å². The lowest BCUT2D eigenvalue weighted by atomic mass is 10.0. The third kappa shape index (κ3) is 74.1. The van der Waals surface area contributed by atoms with Crippen LogP contribution >= 0.6 is 15.6 Å². The summed E-state index contributed by atoms with van der Waals surface area (Å²) in [4.78, 5) is 73.0. The molecule has 17 nitrogen and oxygen atoms in total. The number of hydrogen-bond acceptors (Lipinski definition) is 15. The van der Waals surface area contributed by atoms with Crippen molar-refractivity contribution in [2.45, 2.75) is 439 Å². The molecule has 0 saturated carbocycles. The van der Waals surface area contributed by atoms with Gasteiger partial charge in [-0.25, -0.2) is 9.13 Å². The maximum atomic E-state index is 13.1. The quantitative estimate of drug-likeness (QED) is 0.0222. The molecule has 0 aromatic rings. The molecule has 0 aromatic carbocycles. The summed E-state index contributed by atoms with van der Waals surface area (Å²) in [6.45, 7) is 9.63. The van der Waals surface area contributed by atoms with E-state index in [9.17, 15) is 43.2 Å². The van der Waals surface area contributed by atoms with E-state index < -0.39 is 97.5 Å². The molecular weight excluding hydrogens is 1290 g/mol. The Balaban J connectivity index is 5.24. The summed E-state index contributed by atoms with van der Waals surface area (Å²) in [5.74, 6) is -0.573. The van der Waals surface area contributed by atoms with Crippen LogP contribution in [0.3, 0.4) is 0 Å². The first-order chi connectivity index (χ1) is 47.9. The van der Waals surface area contributed by atoms with Crippen molar-refractivity contribution in [3.8, 4) is 0 Å². The zero-order valence-corrected chi connectivity index (χ0v) is 66.6. The highest BCUT2D eigenvalue weighted by molar-refractivity contribution is 7.47. The molecule has 5 atom stereocenters. The van der Waals surface area contributed by atoms with Gasteiger partial charge in [0.2, 0.25) is 0 Å². The van der Waals surface area contributed by atoms with Crippen molar-refractivity contribution in [2.24, 2.45) is 11.8 Å². The average Bonchev–Trinajstić information content (AvgIpc) is 0.976. The summed E-state index contributed by atoms with van der Waals surface area (Å²) in [6.07, 6.45) is 61.0. The largest absolute Gasteiger partial charge is 0.472 e. The van der Waals surface area contributed by atoms with E-state index in [-0.39, 0.29) is 25.7 Å². The van der Waals surface area contributed by atoms with Gasteiger partial charge in [0.1, 0.15) is 19.3 Å². The van der Waals surface area contributed by atoms with E-state index in [1.807, 2.05) is 0 Å². The maximum Gasteiger partial charge on any atom is 0.472 e. The van der Waals surface area contributed by atoms with E-state index in [0.29, 0.717) is 25.7 Å². The molecule has 99 heavy (non-hydrogen) atoms. The standard InChI is InChI=1S/C80H156O17P2/c1-7-9-11-13-15-17-19-21-22-26-30-33-37-44-50-56-62-77(82)90-68-75(96-80(85)65-59-53-47-39-35-31-27-24-23-25-29-32-36-42-48-54-60-72(3)4)70-94-98(86,87)92-66-74(81)67-93-99(88,89)95-71-76(69-91-78(83)63-57-51-45-41-40-43-49-55-61-73(5)6)97-79(84)64-58-52-46-38-34-28-20-18-16-14-12-10-8-2/h72-76,81H,7-71H2,1-6H3,(H,86,87)(H,88,89)/t74-,75-,76-/m1/s1. The Hall–Kier alpha value is -1.94. The number of rotatable bonds is 79. The fraction of sp³-hybridized carbons (Fsp3) is 0.950. The lowest BCUT2D eigenvalue weighted by molar-refractivity contribution is -0.161. The van der Waals surface area contributed by atoms with Crippen molar-refractivity contribution in [1.29, 1.82) is 0 Å². The molecule has 0 fully saturated rings. The number of hydrogen-bond donors (Lipinski definition) is 3. The smallest absolute Gasteiger partial charge is 0.462 e. The Morgan fingerprint density at radius 1 is 0.273 bits per heavy atom. The van der Waals surface area contributed by atoms with Crippen LogP contribution in [0.2, 0.25) is 0 Å². The molecular formula is C80H156O17P2. The molecule has 0 rings (SSSR count). The number of carbonyl (C=O) groups excluding carboxylic acids is 4. The zero-order valence-electron chi connectivity index (χ0n) is 64.8. The number of ether oxygens (including phenoxy) is 4. The van der Waals surface area contributed by atoms with Gasteiger partial charge in [0.15, 0.2) is 12.2 Å². The van der Waals surface area contributed by atoms with Crippen LogP contribution in [0.5, 0.6) is 0 Å². The molecule has 0 amide bonds. The Morgan fingerprint density at radius 3 is 0.687 bits per heavy atom. The summed E-state index contributed by atoms with van der Waals surface area (Å²) in [5, 5.41) is 10.6. The Bertz CT molecular complexity index is 1910. The molecule has 19 heteroatoms. The summed E-state index contributed by atoms with van der Waals surface area (Å²) in [5.41, 5.74) is 0. The molecule has 0 aliphatic heterocycles. The van der Waals surface area contributed by atoms with Crippen LogP contribution in [-0.2, 0) is 65.4 Å². The van der Waals surface area contributed by atoms with Gasteiger partial charge in [0.25, 0.3) is 0 Å². The minimum absolute atomic E-state index is 0.107. The normalized spacial score (nSPS) is 13.9. The van der Waals surface area contributed by atoms with Crippen LogP contribution in [0.15, 0.2) is 0 Å². The van der Waals surface area contributed by atoms with Gasteiger partial charge in [-0.05, 0) is 37.5 Å². The molecule has 3 N–H and O–H groups in total. The predicted octanol–water partition coefficient (Wildman–Crippen LogP) is 23.9. The molecule has 0 saturated heterocycles. The van der Waals surface area contributed by atoms with E-state index in [4.69, 9.17) is 37.0 Å². The van der Waals surface area contributed by atoms with E-state index in [0.717, 1.165) is 102 Å². The molecule has 0 spiro atoms. The van der Waals surface area contributed by atoms with Gasteiger partial charge in [-0.2, -0.15) is 0 Å². The van der Waals surface area contributed by atoms with Crippen LogP contribution in [0.25, 0.3) is 0 Å². The minimum Gasteiger partial charge on any atom is -0.462 e. The molecule has 0 aliphatic carbocycles. The Kier molecular flexibility index (Phi) is 70.3. The highest BCUT2D eigenvalue weighted by atomic mass is 31.2. The number of aliphatic hydroxyl groups is 1. The monoisotopic (exact) mass is 1450 g/mol. The fourth-order valence-corrected chi connectivity index (χ4v) is 13.9. The van der Waals surface area contributed by atoms with Crippen molar-refractivity contribution in [2.75, 3.05) is 39.6 Å². The SMILES string of the molecule is CCCCCCCCCCCCCCCCCCC(=O)OC[C@H](COP(=O)(O)OC[C@@H](O)COP(=O)(O)OC[C@@H](COC(=O)CCCCCCCCCCC(C)C)OC(=O)CCCCCCCCCCCCCCC)OC(=O)CCCCCCCCCCCCCCCCCCC(C)C. The molecule has 2 unspecified atom stereocenters. The van der Waals surface area contributed by atoms with Gasteiger partial charge in [-0.1, -0.05) is 369 Å². The van der Waals surface area contributed by atoms with Crippen molar-refractivity contribution in [3.05, 3.63) is 0 Å². The lowest BCUT2D eigenvalue weighted by Crippen LogP contribution is -2.30. The first-order valence-corrected chi connectivity index (χ1v) is 44.5. The van der Waals surface area contributed by atoms with Gasteiger partial charge >= 0.3 is 39.5 Å². The molecule has 588 valence electrons. The summed E-state index contributed by atoms with van der Waals surface area (Å²) in [7, 11) is -9.92. The van der Waals surface area contributed by atoms with Crippen LogP contribution in [0, 0.1) is 11.8 Å². The third-order valence-corrected chi connectivity index (χ3v) is 20.6. The minimum atomic E-state index is -4.96.